The van der Waals surface area contributed by atoms with Gasteiger partial charge < -0.3 is 10.6 Å². The van der Waals surface area contributed by atoms with Crippen molar-refractivity contribution in [3.63, 3.8) is 0 Å². The fourth-order valence-electron chi connectivity index (χ4n) is 2.23. The molecule has 4 nitrogen and oxygen atoms in total. The molecule has 114 valence electrons. The van der Waals surface area contributed by atoms with E-state index >= 15 is 0 Å². The summed E-state index contributed by atoms with van der Waals surface area (Å²) in [6.07, 6.45) is 0. The number of aromatic nitrogens is 1. The Labute approximate surface area is 133 Å². The van der Waals surface area contributed by atoms with Gasteiger partial charge in [0.25, 0.3) is 0 Å². The summed E-state index contributed by atoms with van der Waals surface area (Å²) >= 11 is 3.33. The average molecular weight is 323 g/mol. The number of thiophene rings is 1. The molecule has 0 aliphatic heterocycles. The van der Waals surface area contributed by atoms with E-state index in [-0.39, 0.29) is 18.1 Å². The molecule has 2 aromatic heterocycles. The smallest absolute Gasteiger partial charge is 0.315 e. The van der Waals surface area contributed by atoms with Crippen molar-refractivity contribution in [3.8, 4) is 0 Å². The first-order valence-corrected chi connectivity index (χ1v) is 8.62. The van der Waals surface area contributed by atoms with E-state index in [4.69, 9.17) is 0 Å². The SMILES string of the molecule is Cc1csc([C@H](C)NC(=O)N[C@H](C)c2cc(C)sc2C)n1. The minimum Gasteiger partial charge on any atom is -0.332 e. The van der Waals surface area contributed by atoms with Crippen molar-refractivity contribution in [1.82, 2.24) is 15.6 Å². The van der Waals surface area contributed by atoms with Gasteiger partial charge >= 0.3 is 6.03 Å². The first kappa shape index (κ1) is 16.0. The normalized spacial score (nSPS) is 13.8. The fraction of sp³-hybridized carbons (Fsp3) is 0.467. The summed E-state index contributed by atoms with van der Waals surface area (Å²) in [5.74, 6) is 0. The van der Waals surface area contributed by atoms with Crippen molar-refractivity contribution in [2.24, 2.45) is 0 Å². The topological polar surface area (TPSA) is 54.0 Å². The van der Waals surface area contributed by atoms with Gasteiger partial charge in [-0.1, -0.05) is 0 Å². The largest absolute Gasteiger partial charge is 0.332 e. The molecule has 21 heavy (non-hydrogen) atoms. The molecule has 0 unspecified atom stereocenters. The highest BCUT2D eigenvalue weighted by molar-refractivity contribution is 7.12. The van der Waals surface area contributed by atoms with Crippen molar-refractivity contribution in [3.05, 3.63) is 37.5 Å². The van der Waals surface area contributed by atoms with E-state index in [9.17, 15) is 4.79 Å². The van der Waals surface area contributed by atoms with Crippen LogP contribution in [0.3, 0.4) is 0 Å². The summed E-state index contributed by atoms with van der Waals surface area (Å²) in [4.78, 5) is 19.0. The molecule has 2 amide bonds. The van der Waals surface area contributed by atoms with Crippen LogP contribution in [0.4, 0.5) is 4.79 Å². The number of thiazole rings is 1. The van der Waals surface area contributed by atoms with E-state index < -0.39 is 0 Å². The quantitative estimate of drug-likeness (QED) is 0.883. The number of rotatable bonds is 4. The second-order valence-electron chi connectivity index (χ2n) is 5.26. The number of urea groups is 1. The van der Waals surface area contributed by atoms with Crippen LogP contribution in [0.15, 0.2) is 11.4 Å². The zero-order chi connectivity index (χ0) is 15.6. The first-order chi connectivity index (χ1) is 9.86. The molecule has 0 saturated carbocycles. The maximum Gasteiger partial charge on any atom is 0.315 e. The van der Waals surface area contributed by atoms with Crippen LogP contribution in [-0.4, -0.2) is 11.0 Å². The Balaban J connectivity index is 1.94. The molecular formula is C15H21N3OS2. The monoisotopic (exact) mass is 323 g/mol. The number of carbonyl (C=O) groups excluding carboxylic acids is 1. The molecule has 0 radical (unpaired) electrons. The molecule has 2 heterocycles. The van der Waals surface area contributed by atoms with Crippen molar-refractivity contribution in [2.75, 3.05) is 0 Å². The van der Waals surface area contributed by atoms with Gasteiger partial charge in [0.15, 0.2) is 0 Å². The van der Waals surface area contributed by atoms with E-state index in [1.165, 1.54) is 15.3 Å². The van der Waals surface area contributed by atoms with Gasteiger partial charge in [-0.2, -0.15) is 0 Å². The lowest BCUT2D eigenvalue weighted by atomic mass is 10.1. The highest BCUT2D eigenvalue weighted by Crippen LogP contribution is 2.26. The van der Waals surface area contributed by atoms with Gasteiger partial charge in [0, 0.05) is 20.8 Å². The molecule has 0 saturated heterocycles. The lowest BCUT2D eigenvalue weighted by molar-refractivity contribution is 0.235. The van der Waals surface area contributed by atoms with Crippen LogP contribution in [0.25, 0.3) is 0 Å². The third-order valence-electron chi connectivity index (χ3n) is 3.25. The van der Waals surface area contributed by atoms with Crippen LogP contribution in [0, 0.1) is 20.8 Å². The van der Waals surface area contributed by atoms with E-state index in [0.29, 0.717) is 0 Å². The molecule has 2 aromatic rings. The molecule has 0 aliphatic rings. The van der Waals surface area contributed by atoms with Gasteiger partial charge in [0.1, 0.15) is 5.01 Å². The molecule has 0 aromatic carbocycles. The Kier molecular flexibility index (Phi) is 5.00. The van der Waals surface area contributed by atoms with Crippen LogP contribution >= 0.6 is 22.7 Å². The summed E-state index contributed by atoms with van der Waals surface area (Å²) in [5.41, 5.74) is 2.17. The summed E-state index contributed by atoms with van der Waals surface area (Å²) in [6.45, 7) is 10.1. The summed E-state index contributed by atoms with van der Waals surface area (Å²) in [5, 5.41) is 8.85. The van der Waals surface area contributed by atoms with E-state index in [1.807, 2.05) is 26.2 Å². The predicted molar refractivity (Wildman–Crippen MR) is 89.1 cm³/mol. The fourth-order valence-corrected chi connectivity index (χ4v) is 4.05. The Morgan fingerprint density at radius 2 is 1.86 bits per heavy atom. The first-order valence-electron chi connectivity index (χ1n) is 6.92. The van der Waals surface area contributed by atoms with Gasteiger partial charge in [0.2, 0.25) is 0 Å². The molecule has 0 bridgehead atoms. The Bertz CT molecular complexity index is 633. The molecule has 0 fully saturated rings. The number of nitrogens with one attached hydrogen (secondary N) is 2. The molecule has 2 N–H and O–H groups in total. The molecular weight excluding hydrogens is 302 g/mol. The molecule has 2 rings (SSSR count). The summed E-state index contributed by atoms with van der Waals surface area (Å²) in [7, 11) is 0. The second-order valence-corrected chi connectivity index (χ2v) is 7.61. The van der Waals surface area contributed by atoms with Crippen LogP contribution in [0.2, 0.25) is 0 Å². The van der Waals surface area contributed by atoms with Crippen molar-refractivity contribution in [2.45, 2.75) is 46.7 Å². The second kappa shape index (κ2) is 6.58. The van der Waals surface area contributed by atoms with Crippen molar-refractivity contribution >= 4 is 28.7 Å². The number of hydrogen-bond acceptors (Lipinski definition) is 4. The van der Waals surface area contributed by atoms with Gasteiger partial charge in [-0.15, -0.1) is 22.7 Å². The third kappa shape index (κ3) is 4.04. The zero-order valence-corrected chi connectivity index (χ0v) is 14.6. The minimum absolute atomic E-state index is 0.000168. The lowest BCUT2D eigenvalue weighted by Crippen LogP contribution is -2.38. The number of aryl methyl sites for hydroxylation is 3. The maximum absolute atomic E-state index is 12.1. The van der Waals surface area contributed by atoms with Crippen LogP contribution in [-0.2, 0) is 0 Å². The van der Waals surface area contributed by atoms with Gasteiger partial charge in [0.05, 0.1) is 12.1 Å². The Morgan fingerprint density at radius 3 is 2.38 bits per heavy atom. The van der Waals surface area contributed by atoms with Crippen LogP contribution < -0.4 is 10.6 Å². The molecule has 0 aliphatic carbocycles. The minimum atomic E-state index is -0.161. The Morgan fingerprint density at radius 1 is 1.19 bits per heavy atom. The van der Waals surface area contributed by atoms with Crippen LogP contribution in [0.5, 0.6) is 0 Å². The van der Waals surface area contributed by atoms with E-state index in [2.05, 4.69) is 35.5 Å². The van der Waals surface area contributed by atoms with Gasteiger partial charge in [-0.05, 0) is 46.2 Å². The third-order valence-corrected chi connectivity index (χ3v) is 5.38. The Hall–Kier alpha value is -1.40. The summed E-state index contributed by atoms with van der Waals surface area (Å²) < 4.78 is 0. The number of carbonyl (C=O) groups is 1. The van der Waals surface area contributed by atoms with Crippen molar-refractivity contribution < 1.29 is 4.79 Å². The van der Waals surface area contributed by atoms with Crippen LogP contribution in [0.1, 0.15) is 52.0 Å². The number of amides is 2. The van der Waals surface area contributed by atoms with E-state index in [0.717, 1.165) is 10.7 Å². The maximum atomic E-state index is 12.1. The average Bonchev–Trinajstić information content (AvgIpc) is 2.95. The van der Waals surface area contributed by atoms with E-state index in [1.54, 1.807) is 22.7 Å². The number of nitrogens with zero attached hydrogens (tertiary/aromatic N) is 1. The number of hydrogen-bond donors (Lipinski definition) is 2. The predicted octanol–water partition coefficient (Wildman–Crippen LogP) is 4.25. The zero-order valence-electron chi connectivity index (χ0n) is 13.0. The highest BCUT2D eigenvalue weighted by Gasteiger charge is 2.16. The lowest BCUT2D eigenvalue weighted by Gasteiger charge is -2.17. The standard InChI is InChI=1S/C15H21N3OS2/c1-8-7-20-14(16-8)11(4)18-15(19)17-10(3)13-6-9(2)21-12(13)5/h6-7,10-11H,1-5H3,(H2,17,18,19)/t10-,11+/m1/s1. The molecule has 6 heteroatoms. The molecule has 2 atom stereocenters. The summed E-state index contributed by atoms with van der Waals surface area (Å²) in [6, 6.07) is 1.89. The highest BCUT2D eigenvalue weighted by atomic mass is 32.1. The van der Waals surface area contributed by atoms with Gasteiger partial charge in [-0.3, -0.25) is 0 Å². The molecule has 0 spiro atoms. The van der Waals surface area contributed by atoms with Crippen molar-refractivity contribution in [1.29, 1.82) is 0 Å². The van der Waals surface area contributed by atoms with Gasteiger partial charge in [-0.25, -0.2) is 9.78 Å².